The van der Waals surface area contributed by atoms with Crippen LogP contribution in [0.4, 0.5) is 5.69 Å². The maximum absolute atomic E-state index is 11.7. The molecule has 0 aliphatic heterocycles. The molecule has 7 heteroatoms. The zero-order valence-electron chi connectivity index (χ0n) is 10.9. The van der Waals surface area contributed by atoms with E-state index in [9.17, 15) is 4.79 Å². The monoisotopic (exact) mass is 281 g/mol. The highest BCUT2D eigenvalue weighted by atomic mass is 16.3. The number of nitrogens with zero attached hydrogens (tertiary/aromatic N) is 4. The van der Waals surface area contributed by atoms with Gasteiger partial charge in [0.1, 0.15) is 18.4 Å². The van der Waals surface area contributed by atoms with Gasteiger partial charge in [0.25, 0.3) is 0 Å². The van der Waals surface area contributed by atoms with Crippen molar-refractivity contribution in [1.82, 2.24) is 19.7 Å². The van der Waals surface area contributed by atoms with Gasteiger partial charge in [0, 0.05) is 6.08 Å². The number of amides is 1. The number of furan rings is 1. The summed E-state index contributed by atoms with van der Waals surface area (Å²) in [6, 6.07) is 6.99. The van der Waals surface area contributed by atoms with Crippen LogP contribution in [0.3, 0.4) is 0 Å². The highest BCUT2D eigenvalue weighted by Gasteiger charge is 2.01. The summed E-state index contributed by atoms with van der Waals surface area (Å²) in [5.74, 6) is 0.975. The largest absolute Gasteiger partial charge is 0.465 e. The van der Waals surface area contributed by atoms with Crippen LogP contribution in [-0.2, 0) is 4.79 Å². The number of hydrogen-bond donors (Lipinski definition) is 1. The Morgan fingerprint density at radius 2 is 2.29 bits per heavy atom. The van der Waals surface area contributed by atoms with Gasteiger partial charge in [-0.25, -0.2) is 14.6 Å². The lowest BCUT2D eigenvalue weighted by Gasteiger charge is -2.03. The molecule has 0 unspecified atom stereocenters. The maximum atomic E-state index is 11.7. The molecule has 3 rings (SSSR count). The number of pyridine rings is 1. The average Bonchev–Trinajstić information content (AvgIpc) is 3.19. The zero-order chi connectivity index (χ0) is 14.5. The minimum atomic E-state index is -0.262. The highest BCUT2D eigenvalue weighted by molar-refractivity contribution is 6.01. The average molecular weight is 281 g/mol. The van der Waals surface area contributed by atoms with Crippen molar-refractivity contribution in [2.45, 2.75) is 0 Å². The highest BCUT2D eigenvalue weighted by Crippen LogP contribution is 2.09. The fourth-order valence-electron chi connectivity index (χ4n) is 1.65. The van der Waals surface area contributed by atoms with Crippen LogP contribution in [-0.4, -0.2) is 25.7 Å². The van der Waals surface area contributed by atoms with Crippen molar-refractivity contribution in [2.75, 3.05) is 5.32 Å². The molecule has 0 saturated heterocycles. The van der Waals surface area contributed by atoms with Crippen LogP contribution in [0.2, 0.25) is 0 Å². The molecule has 0 fully saturated rings. The summed E-state index contributed by atoms with van der Waals surface area (Å²) in [5.41, 5.74) is 0.591. The smallest absolute Gasteiger partial charge is 0.248 e. The number of carbonyl (C=O) groups is 1. The molecule has 21 heavy (non-hydrogen) atoms. The lowest BCUT2D eigenvalue weighted by atomic mass is 10.3. The Hall–Kier alpha value is -3.22. The van der Waals surface area contributed by atoms with E-state index in [-0.39, 0.29) is 5.91 Å². The minimum Gasteiger partial charge on any atom is -0.465 e. The second-order valence-corrected chi connectivity index (χ2v) is 4.08. The van der Waals surface area contributed by atoms with E-state index in [0.29, 0.717) is 17.3 Å². The predicted molar refractivity (Wildman–Crippen MR) is 75.5 cm³/mol. The third kappa shape index (κ3) is 3.21. The Labute approximate surface area is 120 Å². The number of carbonyl (C=O) groups excluding carboxylic acids is 1. The van der Waals surface area contributed by atoms with Crippen molar-refractivity contribution in [2.24, 2.45) is 0 Å². The van der Waals surface area contributed by atoms with Gasteiger partial charge in [0.05, 0.1) is 18.1 Å². The molecule has 0 saturated carbocycles. The Morgan fingerprint density at radius 1 is 1.33 bits per heavy atom. The van der Waals surface area contributed by atoms with E-state index in [0.717, 1.165) is 0 Å². The van der Waals surface area contributed by atoms with Crippen molar-refractivity contribution < 1.29 is 9.21 Å². The van der Waals surface area contributed by atoms with Gasteiger partial charge in [0.2, 0.25) is 5.91 Å². The van der Waals surface area contributed by atoms with E-state index >= 15 is 0 Å². The number of aromatic nitrogens is 4. The molecule has 1 N–H and O–H groups in total. The van der Waals surface area contributed by atoms with E-state index in [1.54, 1.807) is 49.1 Å². The van der Waals surface area contributed by atoms with Gasteiger partial charge in [-0.05, 0) is 30.3 Å². The van der Waals surface area contributed by atoms with Crippen molar-refractivity contribution in [3.05, 3.63) is 61.2 Å². The molecule has 0 spiro atoms. The number of hydrogen-bond acceptors (Lipinski definition) is 5. The molecular weight excluding hydrogens is 270 g/mol. The van der Waals surface area contributed by atoms with Gasteiger partial charge in [-0.15, -0.1) is 0 Å². The first-order valence-electron chi connectivity index (χ1n) is 6.15. The van der Waals surface area contributed by atoms with Crippen molar-refractivity contribution in [3.63, 3.8) is 0 Å². The van der Waals surface area contributed by atoms with E-state index in [2.05, 4.69) is 20.4 Å². The van der Waals surface area contributed by atoms with Crippen LogP contribution in [0.1, 0.15) is 5.76 Å². The summed E-state index contributed by atoms with van der Waals surface area (Å²) in [7, 11) is 0. The van der Waals surface area contributed by atoms with Crippen LogP contribution in [0, 0.1) is 0 Å². The summed E-state index contributed by atoms with van der Waals surface area (Å²) in [4.78, 5) is 19.8. The first kappa shape index (κ1) is 12.8. The lowest BCUT2D eigenvalue weighted by Crippen LogP contribution is -2.08. The van der Waals surface area contributed by atoms with Gasteiger partial charge in [-0.1, -0.05) is 0 Å². The standard InChI is InChI=1S/C14H11N5O2/c20-14(6-4-12-2-1-7-21-12)18-11-3-5-13(16-8-11)19-10-15-9-17-19/h1-10H,(H,18,20)/b6-4+. The third-order valence-electron chi connectivity index (χ3n) is 2.61. The molecule has 0 atom stereocenters. The van der Waals surface area contributed by atoms with Crippen molar-refractivity contribution in [3.8, 4) is 5.82 Å². The molecule has 0 aromatic carbocycles. The molecule has 3 aromatic rings. The van der Waals surface area contributed by atoms with Crippen LogP contribution in [0.15, 0.2) is 59.9 Å². The Kier molecular flexibility index (Phi) is 3.55. The molecule has 1 amide bonds. The van der Waals surface area contributed by atoms with E-state index in [1.807, 2.05) is 0 Å². The van der Waals surface area contributed by atoms with Crippen LogP contribution < -0.4 is 5.32 Å². The fourth-order valence-corrected chi connectivity index (χ4v) is 1.65. The van der Waals surface area contributed by atoms with Crippen molar-refractivity contribution >= 4 is 17.7 Å². The fraction of sp³-hybridized carbons (Fsp3) is 0. The van der Waals surface area contributed by atoms with Crippen molar-refractivity contribution in [1.29, 1.82) is 0 Å². The first-order chi connectivity index (χ1) is 10.3. The topological polar surface area (TPSA) is 85.8 Å². The number of anilines is 1. The molecule has 0 aliphatic rings. The Morgan fingerprint density at radius 3 is 2.95 bits per heavy atom. The van der Waals surface area contributed by atoms with Crippen LogP contribution in [0.25, 0.3) is 11.9 Å². The lowest BCUT2D eigenvalue weighted by molar-refractivity contribution is -0.111. The molecule has 3 aromatic heterocycles. The molecule has 0 aliphatic carbocycles. The van der Waals surface area contributed by atoms with Gasteiger partial charge in [-0.3, -0.25) is 4.79 Å². The molecule has 0 bridgehead atoms. The summed E-state index contributed by atoms with van der Waals surface area (Å²) in [6.07, 6.45) is 9.06. The van der Waals surface area contributed by atoms with E-state index in [4.69, 9.17) is 4.42 Å². The number of rotatable bonds is 4. The molecule has 3 heterocycles. The van der Waals surface area contributed by atoms with Crippen LogP contribution in [0.5, 0.6) is 0 Å². The zero-order valence-corrected chi connectivity index (χ0v) is 10.9. The quantitative estimate of drug-likeness (QED) is 0.738. The first-order valence-corrected chi connectivity index (χ1v) is 6.15. The third-order valence-corrected chi connectivity index (χ3v) is 2.61. The van der Waals surface area contributed by atoms with E-state index in [1.165, 1.54) is 17.1 Å². The molecule has 104 valence electrons. The minimum absolute atomic E-state index is 0.262. The Balaban J connectivity index is 1.64. The predicted octanol–water partition coefficient (Wildman–Crippen LogP) is 1.91. The second-order valence-electron chi connectivity index (χ2n) is 4.08. The summed E-state index contributed by atoms with van der Waals surface area (Å²) >= 11 is 0. The number of nitrogens with one attached hydrogen (secondary N) is 1. The SMILES string of the molecule is O=C(/C=C/c1ccco1)Nc1ccc(-n2cncn2)nc1. The molecule has 0 radical (unpaired) electrons. The van der Waals surface area contributed by atoms with Gasteiger partial charge >= 0.3 is 0 Å². The summed E-state index contributed by atoms with van der Waals surface area (Å²) in [5, 5.41) is 6.67. The molecular formula is C14H11N5O2. The van der Waals surface area contributed by atoms with Crippen LogP contribution >= 0.6 is 0 Å². The second kappa shape index (κ2) is 5.83. The maximum Gasteiger partial charge on any atom is 0.248 e. The van der Waals surface area contributed by atoms with Gasteiger partial charge < -0.3 is 9.73 Å². The van der Waals surface area contributed by atoms with E-state index < -0.39 is 0 Å². The molecule has 7 nitrogen and oxygen atoms in total. The summed E-state index contributed by atoms with van der Waals surface area (Å²) < 4.78 is 6.63. The Bertz CT molecular complexity index is 730. The van der Waals surface area contributed by atoms with Gasteiger partial charge in [0.15, 0.2) is 5.82 Å². The normalized spacial score (nSPS) is 10.9. The summed E-state index contributed by atoms with van der Waals surface area (Å²) in [6.45, 7) is 0. The van der Waals surface area contributed by atoms with Gasteiger partial charge in [-0.2, -0.15) is 5.10 Å².